The number of hydrogen-bond donors (Lipinski definition) is 1. The minimum Gasteiger partial charge on any atom is -0.468 e. The number of allylic oxidation sites excluding steroid dienone is 3. The normalized spacial score (nSPS) is 18.8. The fraction of sp³-hybridized carbons (Fsp3) is 0.750. The van der Waals surface area contributed by atoms with Crippen LogP contribution in [0.15, 0.2) is 28.4 Å². The molecule has 1 saturated heterocycles. The third-order valence-corrected chi connectivity index (χ3v) is 7.17. The molecule has 2 aliphatic heterocycles. The van der Waals surface area contributed by atoms with Gasteiger partial charge in [-0.1, -0.05) is 45.3 Å². The number of alkyl carbamates (subject to hydrolysis) is 1. The number of rotatable bonds is 17. The van der Waals surface area contributed by atoms with E-state index in [1.807, 2.05) is 25.7 Å². The van der Waals surface area contributed by atoms with Gasteiger partial charge in [0, 0.05) is 25.4 Å². The zero-order valence-corrected chi connectivity index (χ0v) is 26.3. The van der Waals surface area contributed by atoms with E-state index in [2.05, 4.69) is 31.3 Å². The molecule has 0 bridgehead atoms. The van der Waals surface area contributed by atoms with Crippen LogP contribution in [-0.4, -0.2) is 66.7 Å². The number of nitrogens with one attached hydrogen (secondary N) is 1. The van der Waals surface area contributed by atoms with Crippen LogP contribution >= 0.6 is 0 Å². The number of ketones is 1. The number of hydrogen-bond acceptors (Lipinski definition) is 8. The summed E-state index contributed by atoms with van der Waals surface area (Å²) in [6, 6.07) is 0.233. The lowest BCUT2D eigenvalue weighted by atomic mass is 9.98. The van der Waals surface area contributed by atoms with E-state index in [1.54, 1.807) is 7.11 Å². The number of aliphatic imine (C=N–C) groups is 1. The van der Waals surface area contributed by atoms with E-state index >= 15 is 0 Å². The number of ether oxygens (including phenoxy) is 3. The van der Waals surface area contributed by atoms with Gasteiger partial charge in [0.25, 0.3) is 6.02 Å². The summed E-state index contributed by atoms with van der Waals surface area (Å²) in [5, 5.41) is 2.73. The van der Waals surface area contributed by atoms with Gasteiger partial charge in [0.05, 0.1) is 31.0 Å². The molecule has 2 rings (SSSR count). The minimum atomic E-state index is -0.542. The van der Waals surface area contributed by atoms with Crippen LogP contribution in [-0.2, 0) is 23.8 Å². The maximum absolute atomic E-state index is 13.5. The fourth-order valence-corrected chi connectivity index (χ4v) is 5.21. The third kappa shape index (κ3) is 11.9. The van der Waals surface area contributed by atoms with Crippen LogP contribution in [0.5, 0.6) is 0 Å². The Kier molecular flexibility index (Phi) is 15.0. The number of fused-ring (bicyclic) bond motifs is 1. The highest BCUT2D eigenvalue weighted by Crippen LogP contribution is 2.38. The average molecular weight is 576 g/mol. The molecule has 2 aliphatic rings. The summed E-state index contributed by atoms with van der Waals surface area (Å²) in [5.41, 5.74) is 0.798. The molecular formula is C32H53N3O6. The number of nitrogens with zero attached hydrogens (tertiary/aromatic N) is 2. The second-order valence-corrected chi connectivity index (χ2v) is 11.9. The van der Waals surface area contributed by atoms with Crippen LogP contribution in [0.2, 0.25) is 0 Å². The zero-order chi connectivity index (χ0) is 30.3. The molecule has 0 aromatic heterocycles. The summed E-state index contributed by atoms with van der Waals surface area (Å²) in [5.74, 6) is -0.132. The Morgan fingerprint density at radius 3 is 2.46 bits per heavy atom. The predicted octanol–water partition coefficient (Wildman–Crippen LogP) is 6.61. The third-order valence-electron chi connectivity index (χ3n) is 7.17. The largest absolute Gasteiger partial charge is 0.468 e. The van der Waals surface area contributed by atoms with Gasteiger partial charge in [0.1, 0.15) is 11.4 Å². The summed E-state index contributed by atoms with van der Waals surface area (Å²) in [4.78, 5) is 44.9. The summed E-state index contributed by atoms with van der Waals surface area (Å²) in [7, 11) is 1.60. The number of amides is 1. The Bertz CT molecular complexity index is 950. The zero-order valence-electron chi connectivity index (χ0n) is 26.3. The SMILES string of the molecule is CCC/C=C\CCC(=O)C[C@H]1CC[C@H]2C(C(=O)OCCCCNC(=O)OC(C)(C)C)=C(CCCCC)N=C(OC)N12. The van der Waals surface area contributed by atoms with Gasteiger partial charge in [-0.25, -0.2) is 14.6 Å². The van der Waals surface area contributed by atoms with Crippen LogP contribution in [0.4, 0.5) is 4.79 Å². The lowest BCUT2D eigenvalue weighted by Gasteiger charge is -2.36. The first-order valence-corrected chi connectivity index (χ1v) is 15.6. The molecule has 0 radical (unpaired) electrons. The van der Waals surface area contributed by atoms with Crippen molar-refractivity contribution in [1.82, 2.24) is 10.2 Å². The van der Waals surface area contributed by atoms with Gasteiger partial charge in [-0.2, -0.15) is 0 Å². The molecule has 0 aliphatic carbocycles. The minimum absolute atomic E-state index is 0.0512. The van der Waals surface area contributed by atoms with E-state index in [0.29, 0.717) is 50.2 Å². The highest BCUT2D eigenvalue weighted by molar-refractivity contribution is 5.94. The van der Waals surface area contributed by atoms with Crippen molar-refractivity contribution in [2.24, 2.45) is 4.99 Å². The molecule has 0 spiro atoms. The molecule has 1 fully saturated rings. The van der Waals surface area contributed by atoms with Crippen LogP contribution in [0, 0.1) is 0 Å². The molecule has 2 atom stereocenters. The van der Waals surface area contributed by atoms with Crippen molar-refractivity contribution < 1.29 is 28.6 Å². The van der Waals surface area contributed by atoms with Crippen molar-refractivity contribution in [2.75, 3.05) is 20.3 Å². The van der Waals surface area contributed by atoms with E-state index < -0.39 is 11.7 Å². The molecule has 0 aromatic rings. The first-order valence-electron chi connectivity index (χ1n) is 15.6. The molecule has 232 valence electrons. The van der Waals surface area contributed by atoms with Crippen LogP contribution in [0.3, 0.4) is 0 Å². The van der Waals surface area contributed by atoms with Crippen molar-refractivity contribution in [3.63, 3.8) is 0 Å². The Morgan fingerprint density at radius 2 is 1.78 bits per heavy atom. The topological polar surface area (TPSA) is 107 Å². The number of Topliss-reactive ketones (excluding diaryl/α,β-unsaturated/α-hetero) is 1. The first kappa shape index (κ1) is 34.4. The maximum Gasteiger partial charge on any atom is 0.407 e. The van der Waals surface area contributed by atoms with Crippen molar-refractivity contribution in [3.05, 3.63) is 23.4 Å². The Labute approximate surface area is 247 Å². The second-order valence-electron chi connectivity index (χ2n) is 11.9. The van der Waals surface area contributed by atoms with Crippen molar-refractivity contribution in [3.8, 4) is 0 Å². The lowest BCUT2D eigenvalue weighted by molar-refractivity contribution is -0.140. The molecule has 0 unspecified atom stereocenters. The second kappa shape index (κ2) is 17.9. The Hall–Kier alpha value is -2.84. The van der Waals surface area contributed by atoms with Crippen LogP contribution in [0.25, 0.3) is 0 Å². The van der Waals surface area contributed by atoms with Gasteiger partial charge in [-0.3, -0.25) is 4.79 Å². The van der Waals surface area contributed by atoms with E-state index in [0.717, 1.165) is 57.1 Å². The maximum atomic E-state index is 13.5. The lowest BCUT2D eigenvalue weighted by Crippen LogP contribution is -2.47. The first-order chi connectivity index (χ1) is 19.6. The quantitative estimate of drug-likeness (QED) is 0.118. The van der Waals surface area contributed by atoms with E-state index in [4.69, 9.17) is 19.2 Å². The predicted molar refractivity (Wildman–Crippen MR) is 162 cm³/mol. The summed E-state index contributed by atoms with van der Waals surface area (Å²) in [6.07, 6.45) is 14.2. The number of carbonyl (C=O) groups excluding carboxylic acids is 3. The van der Waals surface area contributed by atoms with Gasteiger partial charge in [0.2, 0.25) is 0 Å². The van der Waals surface area contributed by atoms with Crippen LogP contribution in [0.1, 0.15) is 118 Å². The Morgan fingerprint density at radius 1 is 1.02 bits per heavy atom. The summed E-state index contributed by atoms with van der Waals surface area (Å²) < 4.78 is 16.7. The smallest absolute Gasteiger partial charge is 0.407 e. The average Bonchev–Trinajstić information content (AvgIpc) is 3.32. The molecule has 0 aromatic carbocycles. The van der Waals surface area contributed by atoms with E-state index in [9.17, 15) is 14.4 Å². The number of methoxy groups -OCH3 is 1. The van der Waals surface area contributed by atoms with Gasteiger partial charge in [-0.05, 0) is 72.1 Å². The summed E-state index contributed by atoms with van der Waals surface area (Å²) >= 11 is 0. The molecule has 41 heavy (non-hydrogen) atoms. The molecule has 1 amide bonds. The number of carbonyl (C=O) groups is 3. The molecule has 9 heteroatoms. The van der Waals surface area contributed by atoms with Crippen molar-refractivity contribution >= 4 is 23.9 Å². The standard InChI is InChI=1S/C32H53N3O6/c1-7-9-11-12-14-17-25(36)23-24-19-20-27-28(26(18-13-10-8-2)34-30(39-6)35(24)27)29(37)40-22-16-15-21-33-31(38)41-32(3,4)5/h11-12,24,27H,7-10,13-23H2,1-6H3,(H,33,38)/b12-11-/t24-,27+/m1/s1. The molecule has 9 nitrogen and oxygen atoms in total. The van der Waals surface area contributed by atoms with Gasteiger partial charge < -0.3 is 24.4 Å². The molecular weight excluding hydrogens is 522 g/mol. The summed E-state index contributed by atoms with van der Waals surface area (Å²) in [6.45, 7) is 10.4. The van der Waals surface area contributed by atoms with E-state index in [1.165, 1.54) is 0 Å². The number of esters is 1. The van der Waals surface area contributed by atoms with Crippen molar-refractivity contribution in [2.45, 2.75) is 136 Å². The van der Waals surface area contributed by atoms with Gasteiger partial charge in [-0.15, -0.1) is 0 Å². The molecule has 1 N–H and O–H groups in total. The van der Waals surface area contributed by atoms with Gasteiger partial charge in [0.15, 0.2) is 0 Å². The molecule has 0 saturated carbocycles. The van der Waals surface area contributed by atoms with E-state index in [-0.39, 0.29) is 30.4 Å². The monoisotopic (exact) mass is 575 g/mol. The van der Waals surface area contributed by atoms with Crippen molar-refractivity contribution in [1.29, 1.82) is 0 Å². The number of unbranched alkanes of at least 4 members (excludes halogenated alkanes) is 4. The highest BCUT2D eigenvalue weighted by atomic mass is 16.6. The fourth-order valence-electron chi connectivity index (χ4n) is 5.21. The highest BCUT2D eigenvalue weighted by Gasteiger charge is 2.45. The number of amidine groups is 1. The van der Waals surface area contributed by atoms with Gasteiger partial charge >= 0.3 is 12.1 Å². The Balaban J connectivity index is 2.02. The molecule has 2 heterocycles. The van der Waals surface area contributed by atoms with Crippen LogP contribution < -0.4 is 5.32 Å².